The van der Waals surface area contributed by atoms with Crippen LogP contribution in [0.15, 0.2) is 510 Å². The van der Waals surface area contributed by atoms with Gasteiger partial charge in [-0.05, 0) is 241 Å². The highest BCUT2D eigenvalue weighted by Crippen LogP contribution is 2.63. The largest absolute Gasteiger partial charge is 0.310 e. The molecule has 0 radical (unpaired) electrons. The molecule has 0 atom stereocenters. The van der Waals surface area contributed by atoms with Gasteiger partial charge < -0.3 is 19.6 Å². The van der Waals surface area contributed by atoms with Crippen molar-refractivity contribution in [2.45, 2.75) is 77.0 Å². The molecule has 0 saturated carbocycles. The Morgan fingerprint density at radius 3 is 0.478 bits per heavy atom. The van der Waals surface area contributed by atoms with E-state index in [0.717, 1.165) is 0 Å². The molecule has 24 rings (SSSR count). The molecule has 136 heavy (non-hydrogen) atoms. The molecule has 4 heteroatoms. The summed E-state index contributed by atoms with van der Waals surface area (Å²) in [6, 6.07) is 186. The van der Waals surface area contributed by atoms with Gasteiger partial charge in [0.25, 0.3) is 0 Å². The van der Waals surface area contributed by atoms with Crippen LogP contribution in [0.2, 0.25) is 0 Å². The average molecular weight is 1750 g/mol. The topological polar surface area (TPSA) is 13.0 Å². The first kappa shape index (κ1) is 86.3. The highest BCUT2D eigenvalue weighted by Gasteiger charge is 2.51. The van der Waals surface area contributed by atoms with Crippen molar-refractivity contribution >= 4 is 68.2 Å². The van der Waals surface area contributed by atoms with E-state index in [1.54, 1.807) is 0 Å². The third-order valence-corrected chi connectivity index (χ3v) is 28.3. The van der Waals surface area contributed by atoms with Gasteiger partial charge in [0.2, 0.25) is 0 Å². The van der Waals surface area contributed by atoms with Crippen molar-refractivity contribution in [3.8, 4) is 0 Å². The van der Waals surface area contributed by atoms with E-state index in [1.165, 1.54) is 202 Å². The van der Waals surface area contributed by atoms with E-state index >= 15 is 0 Å². The van der Waals surface area contributed by atoms with Gasteiger partial charge >= 0.3 is 0 Å². The summed E-state index contributed by atoms with van der Waals surface area (Å²) in [4.78, 5) is 9.66. The number of para-hydroxylation sites is 8. The van der Waals surface area contributed by atoms with Crippen molar-refractivity contribution in [2.75, 3.05) is 19.6 Å². The standard InChI is InChI=1S/C35H31N.2C33H27N.C31H23N/c1-24-9-16-28(17-10-24)35(29-18-11-25(2)12-19-29)31-7-5-6-8-33(31)36(30-20-13-26(3)14-21-30)34-22-15-27(4)23-32(34)35;1-24-17-20-28(21-18-24)34-31-16-10-9-15-29(31)33(26-11-5-3-6-12-26,27-13-7-4-8-14-27)30-23-25(2)19-22-32(30)34;1-24-16-20-26(21-17-24)33(27-22-18-25(2)19-23-27)29-12-6-8-14-31(29)34(28-10-4-3-5-11-28)32-15-9-7-13-30(32)33;1-4-14-24(15-5-1)31(25-16-6-2-7-17-25)27-20-10-12-22-29(27)32(26-18-8-3-9-19-26)30-23-13-11-21-28(30)31/h5-23H,1-4H3;2*3-23H,1-2H3;1-23H. The molecule has 0 unspecified atom stereocenters. The van der Waals surface area contributed by atoms with Crippen molar-refractivity contribution in [3.63, 3.8) is 0 Å². The Labute approximate surface area is 802 Å². The third kappa shape index (κ3) is 14.9. The second-order valence-electron chi connectivity index (χ2n) is 36.8. The molecular weight excluding hydrogens is 1640 g/mol. The van der Waals surface area contributed by atoms with Crippen LogP contribution in [-0.2, 0) is 21.7 Å². The number of benzene rings is 20. The molecule has 4 nitrogen and oxygen atoms in total. The smallest absolute Gasteiger partial charge is 0.0742 e. The van der Waals surface area contributed by atoms with E-state index in [2.05, 4.69) is 585 Å². The van der Waals surface area contributed by atoms with Gasteiger partial charge in [-0.3, -0.25) is 0 Å². The van der Waals surface area contributed by atoms with Gasteiger partial charge in [-0.15, -0.1) is 0 Å². The lowest BCUT2D eigenvalue weighted by Crippen LogP contribution is -2.37. The highest BCUT2D eigenvalue weighted by atomic mass is 15.2. The Morgan fingerprint density at radius 1 is 0.118 bits per heavy atom. The van der Waals surface area contributed by atoms with Gasteiger partial charge in [-0.25, -0.2) is 0 Å². The monoisotopic (exact) mass is 1750 g/mol. The quantitative estimate of drug-likeness (QED) is 0.121. The zero-order valence-electron chi connectivity index (χ0n) is 78.3. The summed E-state index contributed by atoms with van der Waals surface area (Å²) in [6.07, 6.45) is 0. The van der Waals surface area contributed by atoms with Crippen LogP contribution in [0.5, 0.6) is 0 Å². The van der Waals surface area contributed by atoms with Crippen LogP contribution in [0.4, 0.5) is 68.2 Å². The molecule has 0 fully saturated rings. The zero-order chi connectivity index (χ0) is 92.5. The zero-order valence-corrected chi connectivity index (χ0v) is 78.3. The molecule has 4 aliphatic rings. The fraction of sp³-hybridized carbons (Fsp3) is 0.0909. The molecule has 0 amide bonds. The van der Waals surface area contributed by atoms with Gasteiger partial charge in [0.05, 0.1) is 67.2 Å². The number of anilines is 12. The molecule has 4 heterocycles. The maximum absolute atomic E-state index is 2.43. The maximum atomic E-state index is 2.43. The van der Waals surface area contributed by atoms with Crippen LogP contribution in [0.3, 0.4) is 0 Å². The summed E-state index contributed by atoms with van der Waals surface area (Å²) in [5, 5.41) is 0. The predicted octanol–water partition coefficient (Wildman–Crippen LogP) is 33.9. The van der Waals surface area contributed by atoms with Gasteiger partial charge in [0, 0.05) is 22.7 Å². The first-order chi connectivity index (χ1) is 66.8. The summed E-state index contributed by atoms with van der Waals surface area (Å²) in [5.74, 6) is 0. The Hall–Kier alpha value is -16.4. The normalized spacial score (nSPS) is 13.8. The minimum atomic E-state index is -0.430. The SMILES string of the molecule is Cc1ccc(C2(c3ccc(C)cc3)c3ccccc3N(c3ccccc3)c3ccccc32)cc1.Cc1ccc(N2c3ccccc3C(c3ccc(C)cc3)(c3ccc(C)cc3)c3cc(C)ccc32)cc1.Cc1ccc(N2c3ccccc3C(c3ccccc3)(c3ccccc3)c3cc(C)ccc32)cc1.c1ccc(N2c3ccccc3C(c3ccccc3)(c3ccccc3)c3ccccc32)cc1. The molecule has 20 aromatic rings. The molecule has 0 N–H and O–H groups in total. The van der Waals surface area contributed by atoms with Crippen LogP contribution < -0.4 is 19.6 Å². The summed E-state index contributed by atoms with van der Waals surface area (Å²) in [7, 11) is 0. The van der Waals surface area contributed by atoms with Crippen LogP contribution >= 0.6 is 0 Å². The molecule has 0 bridgehead atoms. The summed E-state index contributed by atoms with van der Waals surface area (Å²) < 4.78 is 0. The molecule has 20 aromatic carbocycles. The van der Waals surface area contributed by atoms with Gasteiger partial charge in [0.15, 0.2) is 0 Å². The van der Waals surface area contributed by atoms with Gasteiger partial charge in [-0.1, -0.05) is 457 Å². The van der Waals surface area contributed by atoms with Gasteiger partial charge in [0.1, 0.15) is 0 Å². The van der Waals surface area contributed by atoms with E-state index in [4.69, 9.17) is 0 Å². The number of fused-ring (bicyclic) bond motifs is 8. The Bertz CT molecular complexity index is 7360. The van der Waals surface area contributed by atoms with Crippen molar-refractivity contribution in [1.29, 1.82) is 0 Å². The first-order valence-electron chi connectivity index (χ1n) is 47.5. The lowest BCUT2D eigenvalue weighted by atomic mass is 9.62. The average Bonchev–Trinajstić information content (AvgIpc) is 0.713. The fourth-order valence-electron chi connectivity index (χ4n) is 22.1. The van der Waals surface area contributed by atoms with E-state index in [9.17, 15) is 0 Å². The third-order valence-electron chi connectivity index (χ3n) is 28.3. The Morgan fingerprint density at radius 2 is 0.265 bits per heavy atom. The summed E-state index contributed by atoms with van der Waals surface area (Å²) in [6.45, 7) is 17.3. The van der Waals surface area contributed by atoms with E-state index in [1.807, 2.05) is 0 Å². The maximum Gasteiger partial charge on any atom is 0.0742 e. The molecule has 0 saturated heterocycles. The number of hydrogen-bond acceptors (Lipinski definition) is 4. The highest BCUT2D eigenvalue weighted by molar-refractivity contribution is 5.95. The van der Waals surface area contributed by atoms with Crippen molar-refractivity contribution in [2.24, 2.45) is 0 Å². The number of rotatable bonds is 12. The minimum Gasteiger partial charge on any atom is -0.310 e. The Kier molecular flexibility index (Phi) is 23.3. The molecule has 0 aliphatic carbocycles. The van der Waals surface area contributed by atoms with Gasteiger partial charge in [-0.2, -0.15) is 0 Å². The van der Waals surface area contributed by atoms with Crippen molar-refractivity contribution < 1.29 is 0 Å². The van der Waals surface area contributed by atoms with Crippen molar-refractivity contribution in [1.82, 2.24) is 0 Å². The molecular formula is C132H108N4. The van der Waals surface area contributed by atoms with Crippen molar-refractivity contribution in [3.05, 3.63) is 643 Å². The van der Waals surface area contributed by atoms with Crippen LogP contribution in [0.1, 0.15) is 134 Å². The second-order valence-corrected chi connectivity index (χ2v) is 36.8. The Balaban J connectivity index is 0.000000109. The molecule has 0 aromatic heterocycles. The predicted molar refractivity (Wildman–Crippen MR) is 570 cm³/mol. The minimum absolute atomic E-state index is 0.402. The number of hydrogen-bond donors (Lipinski definition) is 0. The lowest BCUT2D eigenvalue weighted by molar-refractivity contribution is 0.729. The number of aryl methyl sites for hydroxylation is 8. The van der Waals surface area contributed by atoms with E-state index < -0.39 is 21.7 Å². The first-order valence-corrected chi connectivity index (χ1v) is 47.5. The fourth-order valence-corrected chi connectivity index (χ4v) is 22.1. The van der Waals surface area contributed by atoms with Crippen LogP contribution in [-0.4, -0.2) is 0 Å². The van der Waals surface area contributed by atoms with E-state index in [0.29, 0.717) is 0 Å². The second kappa shape index (κ2) is 36.6. The molecule has 4 aliphatic heterocycles. The van der Waals surface area contributed by atoms with Crippen LogP contribution in [0, 0.1) is 55.4 Å². The molecule has 0 spiro atoms. The molecule has 656 valence electrons. The van der Waals surface area contributed by atoms with Crippen LogP contribution in [0.25, 0.3) is 0 Å². The van der Waals surface area contributed by atoms with E-state index in [-0.39, 0.29) is 0 Å². The summed E-state index contributed by atoms with van der Waals surface area (Å²) >= 11 is 0. The number of nitrogens with zero attached hydrogens (tertiary/aromatic N) is 4. The summed E-state index contributed by atoms with van der Waals surface area (Å²) in [5.41, 5.74) is 43.6. The lowest BCUT2D eigenvalue weighted by Gasteiger charge is -2.46.